The number of anilines is 1. The molecule has 0 fully saturated rings. The van der Waals surface area contributed by atoms with Crippen LogP contribution in [0.15, 0.2) is 59.5 Å². The predicted octanol–water partition coefficient (Wildman–Crippen LogP) is 4.00. The minimum atomic E-state index is -3.75. The number of aromatic hydroxyl groups is 2. The van der Waals surface area contributed by atoms with Gasteiger partial charge in [0.2, 0.25) is 0 Å². The largest absolute Gasteiger partial charge is 0.504 e. The van der Waals surface area contributed by atoms with Gasteiger partial charge in [0.15, 0.2) is 11.5 Å². The van der Waals surface area contributed by atoms with E-state index in [0.29, 0.717) is 16.5 Å². The highest BCUT2D eigenvalue weighted by Crippen LogP contribution is 2.31. The van der Waals surface area contributed by atoms with E-state index < -0.39 is 10.0 Å². The van der Waals surface area contributed by atoms with Crippen LogP contribution in [0.25, 0.3) is 10.8 Å². The molecule has 0 spiro atoms. The van der Waals surface area contributed by atoms with Crippen LogP contribution in [0.3, 0.4) is 0 Å². The van der Waals surface area contributed by atoms with E-state index in [1.165, 1.54) is 24.3 Å². The molecule has 0 atom stereocenters. The summed E-state index contributed by atoms with van der Waals surface area (Å²) in [5.41, 5.74) is 1.65. The van der Waals surface area contributed by atoms with Gasteiger partial charge in [-0.25, -0.2) is 8.42 Å². The lowest BCUT2D eigenvalue weighted by atomic mass is 10.1. The smallest absolute Gasteiger partial charge is 0.261 e. The van der Waals surface area contributed by atoms with Crippen molar-refractivity contribution in [3.05, 3.63) is 60.2 Å². The second-order valence-electron chi connectivity index (χ2n) is 5.90. The third-order valence-corrected chi connectivity index (χ3v) is 5.34. The van der Waals surface area contributed by atoms with Crippen molar-refractivity contribution in [2.75, 3.05) is 4.72 Å². The second-order valence-corrected chi connectivity index (χ2v) is 7.58. The van der Waals surface area contributed by atoms with E-state index in [1.54, 1.807) is 18.2 Å². The van der Waals surface area contributed by atoms with E-state index >= 15 is 0 Å². The fourth-order valence-electron chi connectivity index (χ4n) is 2.66. The molecule has 0 saturated heterocycles. The predicted molar refractivity (Wildman–Crippen MR) is 98.5 cm³/mol. The lowest BCUT2D eigenvalue weighted by Gasteiger charge is -2.10. The van der Waals surface area contributed by atoms with Crippen LogP contribution < -0.4 is 4.72 Å². The second kappa shape index (κ2) is 6.64. The molecule has 3 N–H and O–H groups in total. The number of hydrogen-bond donors (Lipinski definition) is 3. The highest BCUT2D eigenvalue weighted by atomic mass is 32.2. The monoisotopic (exact) mass is 357 g/mol. The van der Waals surface area contributed by atoms with Gasteiger partial charge in [-0.1, -0.05) is 31.5 Å². The first kappa shape index (κ1) is 17.1. The fourth-order valence-corrected chi connectivity index (χ4v) is 3.75. The zero-order valence-corrected chi connectivity index (χ0v) is 14.5. The van der Waals surface area contributed by atoms with Crippen LogP contribution in [0.1, 0.15) is 18.9 Å². The van der Waals surface area contributed by atoms with Gasteiger partial charge in [0, 0.05) is 5.69 Å². The summed E-state index contributed by atoms with van der Waals surface area (Å²) in [5, 5.41) is 20.3. The maximum absolute atomic E-state index is 12.6. The van der Waals surface area contributed by atoms with Gasteiger partial charge in [0.1, 0.15) is 0 Å². The van der Waals surface area contributed by atoms with Crippen molar-refractivity contribution in [1.29, 1.82) is 0 Å². The molecule has 0 aliphatic heterocycles. The van der Waals surface area contributed by atoms with Gasteiger partial charge in [0.05, 0.1) is 4.90 Å². The molecule has 0 radical (unpaired) electrons. The van der Waals surface area contributed by atoms with Gasteiger partial charge in [-0.05, 0) is 59.2 Å². The molecule has 0 aliphatic carbocycles. The van der Waals surface area contributed by atoms with E-state index in [-0.39, 0.29) is 16.4 Å². The molecular formula is C19H19NO4S. The Morgan fingerprint density at radius 2 is 1.52 bits per heavy atom. The van der Waals surface area contributed by atoms with Gasteiger partial charge in [-0.3, -0.25) is 4.72 Å². The number of aryl methyl sites for hydroxylation is 1. The van der Waals surface area contributed by atoms with Gasteiger partial charge in [0.25, 0.3) is 10.0 Å². The van der Waals surface area contributed by atoms with Crippen LogP contribution in [0, 0.1) is 0 Å². The number of rotatable bonds is 5. The summed E-state index contributed by atoms with van der Waals surface area (Å²) < 4.78 is 27.7. The number of fused-ring (bicyclic) bond motifs is 1. The van der Waals surface area contributed by atoms with Crippen LogP contribution in [0.2, 0.25) is 0 Å². The van der Waals surface area contributed by atoms with Gasteiger partial charge in [-0.15, -0.1) is 0 Å². The highest BCUT2D eigenvalue weighted by molar-refractivity contribution is 7.92. The third-order valence-electron chi connectivity index (χ3n) is 3.96. The highest BCUT2D eigenvalue weighted by Gasteiger charge is 2.15. The number of benzene rings is 3. The molecule has 6 heteroatoms. The zero-order valence-electron chi connectivity index (χ0n) is 13.7. The Hall–Kier alpha value is -2.73. The van der Waals surface area contributed by atoms with Crippen LogP contribution >= 0.6 is 0 Å². The summed E-state index contributed by atoms with van der Waals surface area (Å²) in [4.78, 5) is 0.0859. The van der Waals surface area contributed by atoms with Crippen LogP contribution in [-0.2, 0) is 16.4 Å². The minimum Gasteiger partial charge on any atom is -0.504 e. The Morgan fingerprint density at radius 3 is 2.16 bits per heavy atom. The summed E-state index contributed by atoms with van der Waals surface area (Å²) in [6.45, 7) is 2.09. The number of sulfonamides is 1. The van der Waals surface area contributed by atoms with Crippen molar-refractivity contribution in [3.63, 3.8) is 0 Å². The molecule has 3 aromatic carbocycles. The van der Waals surface area contributed by atoms with Gasteiger partial charge >= 0.3 is 0 Å². The van der Waals surface area contributed by atoms with E-state index in [1.807, 2.05) is 12.1 Å². The topological polar surface area (TPSA) is 86.6 Å². The molecular weight excluding hydrogens is 338 g/mol. The Balaban J connectivity index is 1.91. The van der Waals surface area contributed by atoms with E-state index in [4.69, 9.17) is 0 Å². The Morgan fingerprint density at radius 1 is 0.880 bits per heavy atom. The molecule has 3 rings (SSSR count). The lowest BCUT2D eigenvalue weighted by Crippen LogP contribution is -2.12. The molecule has 0 unspecified atom stereocenters. The maximum atomic E-state index is 12.6. The average Bonchev–Trinajstić information content (AvgIpc) is 2.57. The zero-order chi connectivity index (χ0) is 18.0. The van der Waals surface area contributed by atoms with E-state index in [0.717, 1.165) is 18.4 Å². The molecule has 25 heavy (non-hydrogen) atoms. The third kappa shape index (κ3) is 3.69. The van der Waals surface area contributed by atoms with Gasteiger partial charge in [-0.2, -0.15) is 0 Å². The first-order valence-electron chi connectivity index (χ1n) is 7.96. The lowest BCUT2D eigenvalue weighted by molar-refractivity contribution is 0.405. The average molecular weight is 357 g/mol. The molecule has 3 aromatic rings. The number of phenolic OH excluding ortho intramolecular Hbond substituents is 2. The molecule has 0 aromatic heterocycles. The molecule has 0 amide bonds. The van der Waals surface area contributed by atoms with Crippen molar-refractivity contribution < 1.29 is 18.6 Å². The summed E-state index contributed by atoms with van der Waals surface area (Å²) in [7, 11) is -3.75. The van der Waals surface area contributed by atoms with Gasteiger partial charge < -0.3 is 10.2 Å². The van der Waals surface area contributed by atoms with Crippen LogP contribution in [-0.4, -0.2) is 18.6 Å². The van der Waals surface area contributed by atoms with E-state index in [2.05, 4.69) is 11.6 Å². The normalized spacial score (nSPS) is 11.6. The van der Waals surface area contributed by atoms with Crippen molar-refractivity contribution in [1.82, 2.24) is 0 Å². The number of nitrogens with one attached hydrogen (secondary N) is 1. The summed E-state index contributed by atoms with van der Waals surface area (Å²) in [5.74, 6) is -0.532. The quantitative estimate of drug-likeness (QED) is 0.602. The maximum Gasteiger partial charge on any atom is 0.261 e. The van der Waals surface area contributed by atoms with E-state index in [9.17, 15) is 18.6 Å². The molecule has 0 aliphatic rings. The number of phenols is 2. The van der Waals surface area contributed by atoms with Crippen molar-refractivity contribution >= 4 is 26.5 Å². The number of hydrogen-bond acceptors (Lipinski definition) is 4. The summed E-state index contributed by atoms with van der Waals surface area (Å²) in [6, 6.07) is 14.5. The molecule has 0 heterocycles. The Bertz CT molecular complexity index is 1010. The standard InChI is InChI=1S/C19H19NO4S/c1-2-3-13-4-7-16(8-5-13)20-25(23,24)17-9-6-14-11-18(21)19(22)12-15(14)10-17/h4-12,20-22H,2-3H2,1H3. The molecule has 0 saturated carbocycles. The van der Waals surface area contributed by atoms with Crippen LogP contribution in [0.5, 0.6) is 11.5 Å². The first-order valence-corrected chi connectivity index (χ1v) is 9.45. The van der Waals surface area contributed by atoms with Crippen molar-refractivity contribution in [3.8, 4) is 11.5 Å². The van der Waals surface area contributed by atoms with Crippen molar-refractivity contribution in [2.24, 2.45) is 0 Å². The SMILES string of the molecule is CCCc1ccc(NS(=O)(=O)c2ccc3cc(O)c(O)cc3c2)cc1. The first-order chi connectivity index (χ1) is 11.9. The molecule has 130 valence electrons. The summed E-state index contributed by atoms with van der Waals surface area (Å²) in [6.07, 6.45) is 1.98. The summed E-state index contributed by atoms with van der Waals surface area (Å²) >= 11 is 0. The van der Waals surface area contributed by atoms with Crippen LogP contribution in [0.4, 0.5) is 5.69 Å². The Kier molecular flexibility index (Phi) is 4.55. The molecule has 5 nitrogen and oxygen atoms in total. The van der Waals surface area contributed by atoms with Crippen molar-refractivity contribution in [2.45, 2.75) is 24.7 Å². The molecule has 0 bridgehead atoms. The minimum absolute atomic E-state index is 0.0859. The Labute approximate surface area is 146 Å². The fraction of sp³-hybridized carbons (Fsp3) is 0.158.